The summed E-state index contributed by atoms with van der Waals surface area (Å²) >= 11 is 0. The molecule has 1 aromatic heterocycles. The number of tetrazole rings is 1. The predicted octanol–water partition coefficient (Wildman–Crippen LogP) is 1.78. The van der Waals surface area contributed by atoms with Crippen molar-refractivity contribution in [1.82, 2.24) is 25.5 Å². The minimum absolute atomic E-state index is 0.626. The van der Waals surface area contributed by atoms with Crippen LogP contribution in [0.2, 0.25) is 0 Å². The Hall–Kier alpha value is -1.75. The minimum Gasteiger partial charge on any atom is -0.310 e. The van der Waals surface area contributed by atoms with E-state index in [9.17, 15) is 0 Å². The maximum atomic E-state index is 4.07. The average Bonchev–Trinajstić information content (AvgIpc) is 2.76. The number of nitrogens with one attached hydrogen (secondary N) is 1. The monoisotopic (exact) mass is 259 g/mol. The lowest BCUT2D eigenvalue weighted by Gasteiger charge is -2.08. The Morgan fingerprint density at radius 3 is 2.89 bits per heavy atom. The first-order valence-electron chi connectivity index (χ1n) is 6.66. The summed E-state index contributed by atoms with van der Waals surface area (Å²) in [5.74, 6) is 1.50. The summed E-state index contributed by atoms with van der Waals surface area (Å²) in [7, 11) is 0. The lowest BCUT2D eigenvalue weighted by molar-refractivity contribution is 0.523. The summed E-state index contributed by atoms with van der Waals surface area (Å²) in [5, 5.41) is 15.2. The van der Waals surface area contributed by atoms with Crippen molar-refractivity contribution < 1.29 is 0 Å². The van der Waals surface area contributed by atoms with Crippen molar-refractivity contribution in [2.24, 2.45) is 5.92 Å². The molecule has 0 spiro atoms. The Morgan fingerprint density at radius 1 is 1.32 bits per heavy atom. The average molecular weight is 259 g/mol. The van der Waals surface area contributed by atoms with Crippen LogP contribution in [0.4, 0.5) is 0 Å². The molecule has 5 heteroatoms. The molecule has 1 N–H and O–H groups in total. The van der Waals surface area contributed by atoms with E-state index in [2.05, 4.69) is 65.9 Å². The number of hydrogen-bond acceptors (Lipinski definition) is 4. The fraction of sp³-hybridized carbons (Fsp3) is 0.500. The van der Waals surface area contributed by atoms with Crippen LogP contribution in [0.5, 0.6) is 0 Å². The summed E-state index contributed by atoms with van der Waals surface area (Å²) in [4.78, 5) is 0. The normalized spacial score (nSPS) is 11.2. The number of aryl methyl sites for hydroxylation is 1. The van der Waals surface area contributed by atoms with Crippen LogP contribution >= 0.6 is 0 Å². The molecule has 102 valence electrons. The summed E-state index contributed by atoms with van der Waals surface area (Å²) in [6.45, 7) is 8.85. The second-order valence-corrected chi connectivity index (χ2v) is 5.27. The van der Waals surface area contributed by atoms with E-state index in [1.165, 1.54) is 11.1 Å². The van der Waals surface area contributed by atoms with Crippen molar-refractivity contribution >= 4 is 0 Å². The highest BCUT2D eigenvalue weighted by molar-refractivity contribution is 5.22. The van der Waals surface area contributed by atoms with Gasteiger partial charge in [0, 0.05) is 0 Å². The Kier molecular flexibility index (Phi) is 4.63. The van der Waals surface area contributed by atoms with Gasteiger partial charge in [0.1, 0.15) is 0 Å². The third-order valence-electron chi connectivity index (χ3n) is 2.86. The number of hydrogen-bond donors (Lipinski definition) is 1. The number of rotatable bonds is 6. The van der Waals surface area contributed by atoms with Gasteiger partial charge in [-0.15, -0.1) is 5.10 Å². The van der Waals surface area contributed by atoms with E-state index in [1.54, 1.807) is 0 Å². The van der Waals surface area contributed by atoms with Crippen molar-refractivity contribution in [2.75, 3.05) is 6.54 Å². The summed E-state index contributed by atoms with van der Waals surface area (Å²) in [5.41, 5.74) is 2.47. The predicted molar refractivity (Wildman–Crippen MR) is 74.6 cm³/mol. The van der Waals surface area contributed by atoms with Gasteiger partial charge in [-0.1, -0.05) is 43.7 Å². The smallest absolute Gasteiger partial charge is 0.165 e. The molecule has 0 atom stereocenters. The number of aromatic nitrogens is 4. The van der Waals surface area contributed by atoms with Crippen molar-refractivity contribution in [3.05, 3.63) is 41.2 Å². The Labute approximate surface area is 114 Å². The molecular formula is C14H21N5. The molecule has 0 unspecified atom stereocenters. The van der Waals surface area contributed by atoms with Crippen LogP contribution in [0.15, 0.2) is 24.3 Å². The SMILES string of the molecule is Cc1cccc(Cn2nnnc2CNCC(C)C)c1. The van der Waals surface area contributed by atoms with E-state index in [1.807, 2.05) is 4.68 Å². The van der Waals surface area contributed by atoms with E-state index in [4.69, 9.17) is 0 Å². The maximum Gasteiger partial charge on any atom is 0.165 e. The molecule has 0 aliphatic rings. The Balaban J connectivity index is 1.99. The maximum absolute atomic E-state index is 4.07. The van der Waals surface area contributed by atoms with Crippen LogP contribution in [-0.4, -0.2) is 26.8 Å². The van der Waals surface area contributed by atoms with Crippen LogP contribution in [0, 0.1) is 12.8 Å². The highest BCUT2D eigenvalue weighted by atomic mass is 15.5. The second-order valence-electron chi connectivity index (χ2n) is 5.27. The van der Waals surface area contributed by atoms with Crippen LogP contribution in [0.3, 0.4) is 0 Å². The van der Waals surface area contributed by atoms with Gasteiger partial charge in [0.25, 0.3) is 0 Å². The first-order chi connectivity index (χ1) is 9.15. The van der Waals surface area contributed by atoms with Crippen molar-refractivity contribution in [1.29, 1.82) is 0 Å². The molecule has 0 saturated carbocycles. The van der Waals surface area contributed by atoms with E-state index in [-0.39, 0.29) is 0 Å². The molecule has 0 amide bonds. The Bertz CT molecular complexity index is 518. The summed E-state index contributed by atoms with van der Waals surface area (Å²) in [6, 6.07) is 8.41. The zero-order valence-electron chi connectivity index (χ0n) is 11.8. The second kappa shape index (κ2) is 6.43. The van der Waals surface area contributed by atoms with E-state index >= 15 is 0 Å². The summed E-state index contributed by atoms with van der Waals surface area (Å²) in [6.07, 6.45) is 0. The quantitative estimate of drug-likeness (QED) is 0.859. The molecule has 0 saturated heterocycles. The first-order valence-corrected chi connectivity index (χ1v) is 6.66. The molecule has 0 aliphatic heterocycles. The van der Waals surface area contributed by atoms with Crippen LogP contribution < -0.4 is 5.32 Å². The topological polar surface area (TPSA) is 55.6 Å². The lowest BCUT2D eigenvalue weighted by atomic mass is 10.1. The molecule has 2 aromatic rings. The fourth-order valence-electron chi connectivity index (χ4n) is 1.93. The molecular weight excluding hydrogens is 238 g/mol. The molecule has 19 heavy (non-hydrogen) atoms. The van der Waals surface area contributed by atoms with E-state index in [0.717, 1.165) is 12.4 Å². The van der Waals surface area contributed by atoms with Gasteiger partial charge in [-0.05, 0) is 35.4 Å². The van der Waals surface area contributed by atoms with Crippen molar-refractivity contribution in [3.8, 4) is 0 Å². The molecule has 2 rings (SSSR count). The molecule has 5 nitrogen and oxygen atoms in total. The third kappa shape index (κ3) is 4.13. The number of nitrogens with zero attached hydrogens (tertiary/aromatic N) is 4. The zero-order chi connectivity index (χ0) is 13.7. The molecule has 0 bridgehead atoms. The van der Waals surface area contributed by atoms with Crippen LogP contribution in [0.1, 0.15) is 30.8 Å². The van der Waals surface area contributed by atoms with Gasteiger partial charge in [-0.3, -0.25) is 0 Å². The third-order valence-corrected chi connectivity index (χ3v) is 2.86. The molecule has 1 aromatic carbocycles. The van der Waals surface area contributed by atoms with Gasteiger partial charge in [0.15, 0.2) is 5.82 Å². The highest BCUT2D eigenvalue weighted by Gasteiger charge is 2.06. The van der Waals surface area contributed by atoms with Gasteiger partial charge in [-0.25, -0.2) is 4.68 Å². The van der Waals surface area contributed by atoms with Gasteiger partial charge in [0.05, 0.1) is 13.1 Å². The van der Waals surface area contributed by atoms with Crippen molar-refractivity contribution in [2.45, 2.75) is 33.9 Å². The fourth-order valence-corrected chi connectivity index (χ4v) is 1.93. The van der Waals surface area contributed by atoms with Gasteiger partial charge in [-0.2, -0.15) is 0 Å². The lowest BCUT2D eigenvalue weighted by Crippen LogP contribution is -2.22. The first kappa shape index (κ1) is 13.7. The van der Waals surface area contributed by atoms with Gasteiger partial charge in [0.2, 0.25) is 0 Å². The van der Waals surface area contributed by atoms with Crippen LogP contribution in [0.25, 0.3) is 0 Å². The zero-order valence-corrected chi connectivity index (χ0v) is 11.8. The standard InChI is InChI=1S/C14H21N5/c1-11(2)8-15-9-14-16-17-18-19(14)10-13-6-4-5-12(3)7-13/h4-7,11,15H,8-10H2,1-3H3. The molecule has 0 aliphatic carbocycles. The molecule has 1 heterocycles. The highest BCUT2D eigenvalue weighted by Crippen LogP contribution is 2.06. The van der Waals surface area contributed by atoms with Gasteiger partial charge >= 0.3 is 0 Å². The largest absolute Gasteiger partial charge is 0.310 e. The van der Waals surface area contributed by atoms with Gasteiger partial charge < -0.3 is 5.32 Å². The van der Waals surface area contributed by atoms with E-state index < -0.39 is 0 Å². The minimum atomic E-state index is 0.626. The van der Waals surface area contributed by atoms with E-state index in [0.29, 0.717) is 19.0 Å². The van der Waals surface area contributed by atoms with Crippen LogP contribution in [-0.2, 0) is 13.1 Å². The molecule has 0 fully saturated rings. The summed E-state index contributed by atoms with van der Waals surface area (Å²) < 4.78 is 1.85. The Morgan fingerprint density at radius 2 is 2.16 bits per heavy atom. The molecule has 0 radical (unpaired) electrons. The van der Waals surface area contributed by atoms with Crippen molar-refractivity contribution in [3.63, 3.8) is 0 Å². The number of benzene rings is 1.